The highest BCUT2D eigenvalue weighted by Crippen LogP contribution is 2.23. The van der Waals surface area contributed by atoms with E-state index in [9.17, 15) is 4.79 Å². The Hall–Kier alpha value is -1.12. The third-order valence-corrected chi connectivity index (χ3v) is 5.71. The number of nitrogens with zero attached hydrogens (tertiary/aromatic N) is 1. The number of rotatable bonds is 6. The molecule has 1 amide bonds. The molecule has 1 aliphatic heterocycles. The Morgan fingerprint density at radius 2 is 1.72 bits per heavy atom. The minimum atomic E-state index is -0.151. The second-order valence-electron chi connectivity index (χ2n) is 7.38. The van der Waals surface area contributed by atoms with Gasteiger partial charge in [0, 0.05) is 18.2 Å². The summed E-state index contributed by atoms with van der Waals surface area (Å²) in [6.45, 7) is 5.24. The van der Waals surface area contributed by atoms with E-state index in [4.69, 9.17) is 27.9 Å². The zero-order chi connectivity index (χ0) is 20.0. The van der Waals surface area contributed by atoms with Gasteiger partial charge in [0.25, 0.3) is 0 Å². The van der Waals surface area contributed by atoms with Gasteiger partial charge in [-0.05, 0) is 29.3 Å². The number of benzene rings is 2. The van der Waals surface area contributed by atoms with Gasteiger partial charge in [0.05, 0.1) is 30.3 Å². The third-order valence-electron chi connectivity index (χ3n) is 4.98. The van der Waals surface area contributed by atoms with E-state index in [-0.39, 0.29) is 29.9 Å². The van der Waals surface area contributed by atoms with Crippen molar-refractivity contribution in [1.82, 2.24) is 5.32 Å². The van der Waals surface area contributed by atoms with Crippen molar-refractivity contribution in [2.24, 2.45) is 0 Å². The van der Waals surface area contributed by atoms with Crippen LogP contribution in [0.3, 0.4) is 0 Å². The smallest absolute Gasteiger partial charge is 0.244 e. The number of carbonyl (C=O) groups excluding carboxylic acids is 1. The van der Waals surface area contributed by atoms with Gasteiger partial charge >= 0.3 is 0 Å². The van der Waals surface area contributed by atoms with Crippen molar-refractivity contribution in [2.45, 2.75) is 13.1 Å². The molecule has 0 saturated carbocycles. The van der Waals surface area contributed by atoms with Gasteiger partial charge in [-0.15, -0.1) is 0 Å². The minimum absolute atomic E-state index is 0. The van der Waals surface area contributed by atoms with Gasteiger partial charge in [-0.3, -0.25) is 4.79 Å². The van der Waals surface area contributed by atoms with E-state index in [1.165, 1.54) is 11.6 Å². The molecule has 0 unspecified atom stereocenters. The molecule has 2 aromatic carbocycles. The van der Waals surface area contributed by atoms with Crippen LogP contribution in [0.1, 0.15) is 16.7 Å². The van der Waals surface area contributed by atoms with Crippen LogP contribution in [0.25, 0.3) is 6.08 Å². The van der Waals surface area contributed by atoms with Crippen molar-refractivity contribution < 1.29 is 38.0 Å². The molecule has 1 saturated heterocycles. The van der Waals surface area contributed by atoms with Crippen molar-refractivity contribution in [3.05, 3.63) is 75.3 Å². The van der Waals surface area contributed by atoms with Crippen molar-refractivity contribution in [3.8, 4) is 0 Å². The van der Waals surface area contributed by atoms with Gasteiger partial charge in [-0.25, -0.2) is 0 Å². The molecule has 4 nitrogen and oxygen atoms in total. The summed E-state index contributed by atoms with van der Waals surface area (Å²) in [7, 11) is 2.27. The average Bonchev–Trinajstić information content (AvgIpc) is 2.68. The van der Waals surface area contributed by atoms with Crippen LogP contribution in [-0.4, -0.2) is 43.7 Å². The number of halogens is 3. The van der Waals surface area contributed by atoms with Gasteiger partial charge < -0.3 is 38.5 Å². The maximum Gasteiger partial charge on any atom is 0.244 e. The van der Waals surface area contributed by atoms with Crippen LogP contribution >= 0.6 is 23.2 Å². The lowest BCUT2D eigenvalue weighted by Gasteiger charge is -2.37. The van der Waals surface area contributed by atoms with Gasteiger partial charge in [-0.1, -0.05) is 53.5 Å². The van der Waals surface area contributed by atoms with Crippen molar-refractivity contribution >= 4 is 35.2 Å². The molecule has 7 heteroatoms. The SMILES string of the molecule is C[N+]1(Cc2ccc(CNC(=O)/C=C/c3ccc(Cl)c(Cl)c3)cc2)CCOCC1.[I-]. The topological polar surface area (TPSA) is 38.3 Å². The van der Waals surface area contributed by atoms with Gasteiger partial charge in [0.2, 0.25) is 5.91 Å². The summed E-state index contributed by atoms with van der Waals surface area (Å²) in [6, 6.07) is 13.7. The van der Waals surface area contributed by atoms with E-state index in [2.05, 4.69) is 36.6 Å². The molecule has 3 rings (SSSR count). The maximum absolute atomic E-state index is 12.0. The van der Waals surface area contributed by atoms with Gasteiger partial charge in [-0.2, -0.15) is 0 Å². The fourth-order valence-electron chi connectivity index (χ4n) is 3.18. The summed E-state index contributed by atoms with van der Waals surface area (Å²) < 4.78 is 6.47. The second kappa shape index (κ2) is 11.3. The number of carbonyl (C=O) groups is 1. The first-order valence-electron chi connectivity index (χ1n) is 9.34. The monoisotopic (exact) mass is 546 g/mol. The summed E-state index contributed by atoms with van der Waals surface area (Å²) in [5.74, 6) is -0.151. The molecule has 1 fully saturated rings. The lowest BCUT2D eigenvalue weighted by atomic mass is 10.1. The fourth-order valence-corrected chi connectivity index (χ4v) is 3.49. The maximum atomic E-state index is 12.0. The average molecular weight is 547 g/mol. The summed E-state index contributed by atoms with van der Waals surface area (Å²) in [4.78, 5) is 12.0. The molecular weight excluding hydrogens is 522 g/mol. The molecule has 1 N–H and O–H groups in total. The van der Waals surface area contributed by atoms with Crippen LogP contribution in [0.4, 0.5) is 0 Å². The molecule has 156 valence electrons. The van der Waals surface area contributed by atoms with Crippen LogP contribution in [0.15, 0.2) is 48.5 Å². The molecular formula is C22H25Cl2IN2O2. The Kier molecular flexibility index (Phi) is 9.43. The summed E-state index contributed by atoms with van der Waals surface area (Å²) >= 11 is 11.9. The standard InChI is InChI=1S/C22H24Cl2N2O2.HI/c1-26(10-12-28-13-11-26)16-19-4-2-18(3-5-19)15-25-22(27)9-7-17-6-8-20(23)21(24)14-17;/h2-9,14H,10-13,15-16H2,1H3;1H/b9-7+;. The number of morpholine rings is 1. The highest BCUT2D eigenvalue weighted by molar-refractivity contribution is 6.42. The number of ether oxygens (including phenoxy) is 1. The number of quaternary nitrogens is 1. The van der Waals surface area contributed by atoms with Crippen LogP contribution in [0, 0.1) is 0 Å². The van der Waals surface area contributed by atoms with E-state index >= 15 is 0 Å². The molecule has 1 heterocycles. The van der Waals surface area contributed by atoms with Crippen molar-refractivity contribution in [1.29, 1.82) is 0 Å². The first-order chi connectivity index (χ1) is 13.4. The number of nitrogens with one attached hydrogen (secondary N) is 1. The molecule has 0 aromatic heterocycles. The summed E-state index contributed by atoms with van der Waals surface area (Å²) in [6.07, 6.45) is 3.21. The first kappa shape index (κ1) is 24.2. The van der Waals surface area contributed by atoms with Gasteiger partial charge in [0.15, 0.2) is 0 Å². The molecule has 0 spiro atoms. The highest BCUT2D eigenvalue weighted by Gasteiger charge is 2.25. The zero-order valence-corrected chi connectivity index (χ0v) is 20.0. The fraction of sp³-hybridized carbons (Fsp3) is 0.318. The largest absolute Gasteiger partial charge is 1.00 e. The number of hydrogen-bond donors (Lipinski definition) is 1. The van der Waals surface area contributed by atoms with E-state index in [1.54, 1.807) is 18.2 Å². The highest BCUT2D eigenvalue weighted by atomic mass is 127. The summed E-state index contributed by atoms with van der Waals surface area (Å²) in [5, 5.41) is 3.86. The van der Waals surface area contributed by atoms with Crippen LogP contribution in [-0.2, 0) is 22.6 Å². The predicted molar refractivity (Wildman–Crippen MR) is 114 cm³/mol. The minimum Gasteiger partial charge on any atom is -1.00 e. The van der Waals surface area contributed by atoms with Crippen LogP contribution < -0.4 is 29.3 Å². The Bertz CT molecular complexity index is 850. The predicted octanol–water partition coefficient (Wildman–Crippen LogP) is 1.30. The quantitative estimate of drug-likeness (QED) is 0.337. The van der Waals surface area contributed by atoms with Crippen molar-refractivity contribution in [2.75, 3.05) is 33.4 Å². The normalized spacial score (nSPS) is 15.7. The number of likely N-dealkylation sites (N-methyl/N-ethyl adjacent to an activating group) is 1. The van der Waals surface area contributed by atoms with Crippen molar-refractivity contribution in [3.63, 3.8) is 0 Å². The number of amides is 1. The molecule has 0 bridgehead atoms. The van der Waals surface area contributed by atoms with E-state index in [0.29, 0.717) is 16.6 Å². The zero-order valence-electron chi connectivity index (χ0n) is 16.3. The third kappa shape index (κ3) is 7.57. The molecule has 2 aromatic rings. The molecule has 0 atom stereocenters. The number of hydrogen-bond acceptors (Lipinski definition) is 2. The molecule has 0 aliphatic carbocycles. The second-order valence-corrected chi connectivity index (χ2v) is 8.19. The molecule has 29 heavy (non-hydrogen) atoms. The Balaban J connectivity index is 0.00000300. The summed E-state index contributed by atoms with van der Waals surface area (Å²) in [5.41, 5.74) is 3.21. The van der Waals surface area contributed by atoms with Crippen LogP contribution in [0.2, 0.25) is 10.0 Å². The lowest BCUT2D eigenvalue weighted by molar-refractivity contribution is -0.929. The van der Waals surface area contributed by atoms with Crippen LogP contribution in [0.5, 0.6) is 0 Å². The Morgan fingerprint density at radius 3 is 2.38 bits per heavy atom. The van der Waals surface area contributed by atoms with E-state index < -0.39 is 0 Å². The lowest BCUT2D eigenvalue weighted by Crippen LogP contribution is -3.00. The Labute approximate surface area is 199 Å². The van der Waals surface area contributed by atoms with Gasteiger partial charge in [0.1, 0.15) is 19.6 Å². The van der Waals surface area contributed by atoms with E-state index in [0.717, 1.165) is 48.5 Å². The molecule has 0 radical (unpaired) electrons. The first-order valence-corrected chi connectivity index (χ1v) is 10.1. The van der Waals surface area contributed by atoms with E-state index in [1.807, 2.05) is 6.07 Å². The molecule has 1 aliphatic rings. The Morgan fingerprint density at radius 1 is 1.07 bits per heavy atom.